The van der Waals surface area contributed by atoms with E-state index in [2.05, 4.69) is 41.5 Å². The molecule has 27 nitrogen and oxygen atoms in total. The molecule has 2 aromatic heterocycles. The van der Waals surface area contributed by atoms with Crippen LogP contribution in [0.3, 0.4) is 0 Å². The minimum Gasteiger partial charge on any atom is -0.493 e. The van der Waals surface area contributed by atoms with Gasteiger partial charge in [-0.15, -0.1) is 0 Å². The lowest BCUT2D eigenvalue weighted by Crippen LogP contribution is -2.55. The van der Waals surface area contributed by atoms with E-state index >= 15 is 0 Å². The summed E-state index contributed by atoms with van der Waals surface area (Å²) in [5.74, 6) is -4.26. The molecule has 492 valence electrons. The highest BCUT2D eigenvalue weighted by Gasteiger charge is 2.32. The Kier molecular flexibility index (Phi) is 30.0. The van der Waals surface area contributed by atoms with Crippen molar-refractivity contribution in [2.75, 3.05) is 78.7 Å². The zero-order valence-corrected chi connectivity index (χ0v) is 52.0. The van der Waals surface area contributed by atoms with Crippen LogP contribution in [-0.2, 0) is 63.8 Å². The predicted molar refractivity (Wildman–Crippen MR) is 330 cm³/mol. The lowest BCUT2D eigenvalue weighted by Gasteiger charge is -2.25. The minimum absolute atomic E-state index is 0.0311. The van der Waals surface area contributed by atoms with Crippen molar-refractivity contribution in [3.05, 3.63) is 75.7 Å². The summed E-state index contributed by atoms with van der Waals surface area (Å²) in [4.78, 5) is 127. The van der Waals surface area contributed by atoms with Crippen molar-refractivity contribution < 1.29 is 76.3 Å². The molecule has 0 radical (unpaired) electrons. The van der Waals surface area contributed by atoms with Crippen molar-refractivity contribution in [1.29, 1.82) is 0 Å². The fourth-order valence-corrected chi connectivity index (χ4v) is 9.70. The molecule has 0 unspecified atom stereocenters. The second-order valence-corrected chi connectivity index (χ2v) is 22.2. The normalized spacial score (nSPS) is 14.1. The number of anilines is 1. The van der Waals surface area contributed by atoms with Crippen molar-refractivity contribution in [2.24, 2.45) is 5.92 Å². The Bertz CT molecular complexity index is 3080. The molecule has 5 amide bonds. The number of methoxy groups -OCH3 is 1. The zero-order valence-electron chi connectivity index (χ0n) is 52.0. The van der Waals surface area contributed by atoms with Crippen molar-refractivity contribution in [3.8, 4) is 17.5 Å². The van der Waals surface area contributed by atoms with Gasteiger partial charge in [-0.2, -0.15) is 9.97 Å². The number of aromatic amines is 1. The number of rotatable bonds is 40. The number of esters is 3. The van der Waals surface area contributed by atoms with Crippen LogP contribution in [0.1, 0.15) is 145 Å². The van der Waals surface area contributed by atoms with Crippen molar-refractivity contribution in [2.45, 2.75) is 154 Å². The summed E-state index contributed by atoms with van der Waals surface area (Å²) in [5.41, 5.74) is 8.08. The topological polar surface area (TPSA) is 360 Å². The number of amides is 5. The molecule has 2 saturated carbocycles. The maximum absolute atomic E-state index is 13.6. The summed E-state index contributed by atoms with van der Waals surface area (Å²) < 4.78 is 45.9. The number of nitrogens with one attached hydrogen (secondary N) is 6. The van der Waals surface area contributed by atoms with Crippen LogP contribution in [0, 0.1) is 5.92 Å². The Hall–Kier alpha value is -8.43. The Balaban J connectivity index is 0.767. The van der Waals surface area contributed by atoms with E-state index < -0.39 is 65.9 Å². The molecule has 0 bridgehead atoms. The standard InChI is InChI=1S/C63H88N10O17/c1-5-6-33-87-62-71-57(64)56-58(72-62)73(63(82)70-56)40-43-17-21-44(22-18-43)59(79)66-30-12-32-85-35-37-86-36-34-84-31-11-29-65-50(74)26-28-54(78)90-48-24-19-42(38-49(48)83-4)20-25-51(75)67-39-52(76)69-55(41(2)3)60(80)68-47(61(81)89-46-15-9-10-16-46)23-27-53(77)88-45-13-7-8-14-45/h17-22,24-25,38,41,45-47,55H,5-16,23,26-37,39-40H2,1-4H3,(H,65,74)(H,66,79)(H,67,75)(H,68,80)(H,69,76)(H,70,82)(H2,64,71,72)/b25-20+/t47-,55+/m1/s1. The third kappa shape index (κ3) is 24.5. The molecule has 4 aromatic rings. The second-order valence-electron chi connectivity index (χ2n) is 22.2. The van der Waals surface area contributed by atoms with Gasteiger partial charge in [-0.25, -0.2) is 9.59 Å². The number of nitrogens with zero attached hydrogens (tertiary/aromatic N) is 3. The first-order valence-electron chi connectivity index (χ1n) is 31.1. The number of hydrogen-bond acceptors (Lipinski definition) is 20. The first-order valence-corrected chi connectivity index (χ1v) is 31.1. The number of ether oxygens (including phenoxy) is 8. The first-order chi connectivity index (χ1) is 43.5. The maximum atomic E-state index is 13.6. The smallest absolute Gasteiger partial charge is 0.328 e. The highest BCUT2D eigenvalue weighted by atomic mass is 16.6. The van der Waals surface area contributed by atoms with E-state index in [0.29, 0.717) is 94.5 Å². The van der Waals surface area contributed by atoms with E-state index in [-0.39, 0.29) is 79.6 Å². The second kappa shape index (κ2) is 38.2. The van der Waals surface area contributed by atoms with E-state index in [0.717, 1.165) is 69.8 Å². The minimum atomic E-state index is -1.14. The molecule has 2 heterocycles. The summed E-state index contributed by atoms with van der Waals surface area (Å²) in [6, 6.07) is 9.40. The molecule has 0 spiro atoms. The molecule has 2 aromatic carbocycles. The molecule has 2 aliphatic rings. The molecule has 0 aliphatic heterocycles. The lowest BCUT2D eigenvalue weighted by atomic mass is 10.0. The van der Waals surface area contributed by atoms with Crippen LogP contribution in [0.4, 0.5) is 5.82 Å². The van der Waals surface area contributed by atoms with Crippen LogP contribution in [0.5, 0.6) is 17.5 Å². The number of benzene rings is 2. The largest absolute Gasteiger partial charge is 0.493 e. The molecule has 8 N–H and O–H groups in total. The molecule has 27 heteroatoms. The highest BCUT2D eigenvalue weighted by Crippen LogP contribution is 2.29. The number of aromatic nitrogens is 4. The van der Waals surface area contributed by atoms with Crippen LogP contribution < -0.4 is 52.2 Å². The Labute approximate surface area is 523 Å². The van der Waals surface area contributed by atoms with Crippen LogP contribution in [0.15, 0.2) is 53.3 Å². The van der Waals surface area contributed by atoms with Gasteiger partial charge in [0, 0.05) is 50.8 Å². The van der Waals surface area contributed by atoms with Crippen LogP contribution in [0.2, 0.25) is 0 Å². The van der Waals surface area contributed by atoms with E-state index in [9.17, 15) is 43.2 Å². The van der Waals surface area contributed by atoms with Crippen molar-refractivity contribution in [3.63, 3.8) is 0 Å². The quantitative estimate of drug-likeness (QED) is 0.0139. The number of carbonyl (C=O) groups is 8. The van der Waals surface area contributed by atoms with Crippen LogP contribution in [-0.4, -0.2) is 164 Å². The third-order valence-corrected chi connectivity index (χ3v) is 14.7. The van der Waals surface area contributed by atoms with Gasteiger partial charge in [0.25, 0.3) is 5.91 Å². The van der Waals surface area contributed by atoms with Crippen LogP contribution >= 0.6 is 0 Å². The maximum Gasteiger partial charge on any atom is 0.328 e. The number of nitrogen functional groups attached to an aromatic ring is 1. The Morgan fingerprint density at radius 3 is 2.03 bits per heavy atom. The number of carbonyl (C=O) groups excluding carboxylic acids is 8. The van der Waals surface area contributed by atoms with Gasteiger partial charge in [0.2, 0.25) is 23.6 Å². The summed E-state index contributed by atoms with van der Waals surface area (Å²) in [6.07, 6.45) is 11.6. The SMILES string of the molecule is CCCCOc1nc(N)c2[nH]c(=O)n(Cc3ccc(C(=O)NCCCOCCOCCOCCCNC(=O)CCC(=O)Oc4ccc(/C=C/C(=O)NCC(=O)N[C@H](C(=O)N[C@H](CCC(=O)OC5CCCC5)C(=O)OC5CCCC5)C(C)C)cc4OC)cc3)c2n1. The van der Waals surface area contributed by atoms with Crippen LogP contribution in [0.25, 0.3) is 17.2 Å². The summed E-state index contributed by atoms with van der Waals surface area (Å²) in [7, 11) is 1.38. The first kappa shape index (κ1) is 70.7. The van der Waals surface area contributed by atoms with Gasteiger partial charge in [0.1, 0.15) is 29.8 Å². The number of unbranched alkanes of at least 4 members (excludes halogenated alkanes) is 1. The molecule has 90 heavy (non-hydrogen) atoms. The summed E-state index contributed by atoms with van der Waals surface area (Å²) in [5, 5.41) is 13.4. The molecule has 2 fully saturated rings. The van der Waals surface area contributed by atoms with Gasteiger partial charge in [-0.1, -0.05) is 45.4 Å². The lowest BCUT2D eigenvalue weighted by molar-refractivity contribution is -0.154. The van der Waals surface area contributed by atoms with Gasteiger partial charge in [0.15, 0.2) is 23.0 Å². The highest BCUT2D eigenvalue weighted by molar-refractivity contribution is 5.96. The number of nitrogens with two attached hydrogens (primary N) is 1. The molecular weight excluding hydrogens is 1170 g/mol. The third-order valence-electron chi connectivity index (χ3n) is 14.7. The van der Waals surface area contributed by atoms with Gasteiger partial charge >= 0.3 is 29.6 Å². The number of imidazole rings is 1. The van der Waals surface area contributed by atoms with Gasteiger partial charge in [-0.3, -0.25) is 38.1 Å². The van der Waals surface area contributed by atoms with Gasteiger partial charge < -0.3 is 75.2 Å². The molecule has 0 saturated heterocycles. The van der Waals surface area contributed by atoms with Crippen molar-refractivity contribution >= 4 is 70.5 Å². The molecule has 6 rings (SSSR count). The van der Waals surface area contributed by atoms with E-state index in [1.165, 1.54) is 36.0 Å². The molecule has 2 atom stereocenters. The average Bonchev–Trinajstić information content (AvgIpc) is 1.67. The Morgan fingerprint density at radius 1 is 0.722 bits per heavy atom. The Morgan fingerprint density at radius 2 is 1.38 bits per heavy atom. The van der Waals surface area contributed by atoms with Gasteiger partial charge in [0.05, 0.1) is 59.7 Å². The van der Waals surface area contributed by atoms with Crippen molar-refractivity contribution in [1.82, 2.24) is 46.1 Å². The number of fused-ring (bicyclic) bond motifs is 1. The summed E-state index contributed by atoms with van der Waals surface area (Å²) >= 11 is 0. The molecule has 2 aliphatic carbocycles. The van der Waals surface area contributed by atoms with Gasteiger partial charge in [-0.05, 0) is 124 Å². The van der Waals surface area contributed by atoms with E-state index in [1.807, 2.05) is 6.92 Å². The monoisotopic (exact) mass is 1260 g/mol. The van der Waals surface area contributed by atoms with E-state index in [4.69, 9.17) is 43.6 Å². The summed E-state index contributed by atoms with van der Waals surface area (Å²) in [6.45, 7) is 8.63. The fourth-order valence-electron chi connectivity index (χ4n) is 9.70. The van der Waals surface area contributed by atoms with E-state index in [1.54, 1.807) is 44.2 Å². The number of hydrogen-bond donors (Lipinski definition) is 7. The number of H-pyrrole nitrogens is 1. The predicted octanol–water partition coefficient (Wildman–Crippen LogP) is 4.51. The molecular formula is C63H88N10O17. The zero-order chi connectivity index (χ0) is 64.6. The average molecular weight is 1260 g/mol. The fraction of sp³-hybridized carbons (Fsp3) is 0.571.